The number of anilines is 1. The van der Waals surface area contributed by atoms with Gasteiger partial charge in [0.1, 0.15) is 5.76 Å². The lowest BCUT2D eigenvalue weighted by molar-refractivity contribution is 0.100. The molecule has 8 heteroatoms. The van der Waals surface area contributed by atoms with E-state index in [0.29, 0.717) is 34.6 Å². The number of aromatic nitrogens is 2. The number of rotatable bonds is 5. The van der Waals surface area contributed by atoms with Crippen molar-refractivity contribution in [3.63, 3.8) is 0 Å². The van der Waals surface area contributed by atoms with Gasteiger partial charge in [0.2, 0.25) is 5.91 Å². The highest BCUT2D eigenvalue weighted by Crippen LogP contribution is 2.38. The Morgan fingerprint density at radius 1 is 1.06 bits per heavy atom. The average Bonchev–Trinajstić information content (AvgIpc) is 3.34. The van der Waals surface area contributed by atoms with E-state index in [4.69, 9.17) is 10.3 Å². The molecule has 5 aromatic rings. The third kappa shape index (κ3) is 3.69. The summed E-state index contributed by atoms with van der Waals surface area (Å²) in [4.78, 5) is 25.4. The predicted octanol–water partition coefficient (Wildman–Crippen LogP) is 5.33. The highest BCUT2D eigenvalue weighted by molar-refractivity contribution is 6.19. The van der Waals surface area contributed by atoms with Gasteiger partial charge in [0, 0.05) is 46.7 Å². The predicted molar refractivity (Wildman–Crippen MR) is 135 cm³/mol. The van der Waals surface area contributed by atoms with Gasteiger partial charge in [0.05, 0.1) is 11.2 Å². The molecule has 2 heterocycles. The molecule has 0 fully saturated rings. The van der Waals surface area contributed by atoms with Crippen LogP contribution < -0.4 is 10.6 Å². The zero-order chi connectivity index (χ0) is 24.9. The Balaban J connectivity index is 1.89. The number of hydrogen-bond acceptors (Lipinski definition) is 4. The first-order valence-electron chi connectivity index (χ1n) is 11.1. The molecular formula is C27H24N4O4. The molecule has 8 nitrogen and oxygen atoms in total. The number of nitrogens with two attached hydrogens (primary N) is 1. The summed E-state index contributed by atoms with van der Waals surface area (Å²) in [5.74, 6) is 0.0766. The number of benzene rings is 3. The van der Waals surface area contributed by atoms with E-state index >= 15 is 0 Å². The van der Waals surface area contributed by atoms with Crippen molar-refractivity contribution in [2.24, 2.45) is 5.73 Å². The molecule has 0 aliphatic carbocycles. The van der Waals surface area contributed by atoms with E-state index in [1.165, 1.54) is 7.05 Å². The fourth-order valence-corrected chi connectivity index (χ4v) is 4.70. The zero-order valence-electron chi connectivity index (χ0n) is 19.6. The first kappa shape index (κ1) is 22.2. The van der Waals surface area contributed by atoms with E-state index in [1.807, 2.05) is 56.3 Å². The Bertz CT molecular complexity index is 1600. The average molecular weight is 469 g/mol. The number of amides is 2. The number of carbonyl (C=O) groups is 2. The summed E-state index contributed by atoms with van der Waals surface area (Å²) in [6.45, 7) is 4.24. The number of aryl methyl sites for hydroxylation is 2. The van der Waals surface area contributed by atoms with Crippen molar-refractivity contribution in [1.82, 2.24) is 9.72 Å². The highest BCUT2D eigenvalue weighted by atomic mass is 16.5. The van der Waals surface area contributed by atoms with Crippen LogP contribution in [0.15, 0.2) is 65.2 Å². The van der Waals surface area contributed by atoms with Crippen LogP contribution >= 0.6 is 0 Å². The van der Waals surface area contributed by atoms with Gasteiger partial charge in [0.15, 0.2) is 0 Å². The zero-order valence-corrected chi connectivity index (χ0v) is 19.6. The van der Waals surface area contributed by atoms with Gasteiger partial charge in [-0.15, -0.1) is 0 Å². The minimum Gasteiger partial charge on any atom is -0.465 e. The van der Waals surface area contributed by atoms with Gasteiger partial charge in [-0.05, 0) is 55.3 Å². The molecule has 0 unspecified atom stereocenters. The van der Waals surface area contributed by atoms with Crippen molar-refractivity contribution < 1.29 is 19.2 Å². The number of fused-ring (bicyclic) bond motifs is 3. The molecule has 5 rings (SSSR count). The van der Waals surface area contributed by atoms with E-state index in [-0.39, 0.29) is 0 Å². The van der Waals surface area contributed by atoms with Crippen molar-refractivity contribution in [2.45, 2.75) is 20.4 Å². The Morgan fingerprint density at radius 2 is 1.80 bits per heavy atom. The maximum atomic E-state index is 12.7. The summed E-state index contributed by atoms with van der Waals surface area (Å²) >= 11 is 0. The molecule has 0 atom stereocenters. The van der Waals surface area contributed by atoms with Gasteiger partial charge >= 0.3 is 6.09 Å². The van der Waals surface area contributed by atoms with Gasteiger partial charge < -0.3 is 19.9 Å². The molecule has 0 spiro atoms. The molecular weight excluding hydrogens is 444 g/mol. The number of carboxylic acid groups (broad SMARTS) is 1. The Hall–Kier alpha value is -4.59. The fourth-order valence-electron chi connectivity index (χ4n) is 4.70. The Kier molecular flexibility index (Phi) is 5.28. The van der Waals surface area contributed by atoms with Crippen molar-refractivity contribution in [1.29, 1.82) is 0 Å². The van der Waals surface area contributed by atoms with Crippen LogP contribution in [-0.2, 0) is 6.54 Å². The van der Waals surface area contributed by atoms with Gasteiger partial charge in [0.25, 0.3) is 0 Å². The summed E-state index contributed by atoms with van der Waals surface area (Å²) in [5.41, 5.74) is 11.8. The molecule has 0 saturated carbocycles. The van der Waals surface area contributed by atoms with Crippen molar-refractivity contribution in [3.8, 4) is 11.1 Å². The van der Waals surface area contributed by atoms with Crippen LogP contribution in [-0.4, -0.2) is 33.9 Å². The van der Waals surface area contributed by atoms with Crippen LogP contribution in [0.3, 0.4) is 0 Å². The summed E-state index contributed by atoms with van der Waals surface area (Å²) in [5, 5.41) is 15.0. The molecule has 0 saturated heterocycles. The van der Waals surface area contributed by atoms with E-state index < -0.39 is 12.0 Å². The number of hydrogen-bond donors (Lipinski definition) is 2. The van der Waals surface area contributed by atoms with Crippen LogP contribution in [0.5, 0.6) is 0 Å². The normalized spacial score (nSPS) is 11.3. The smallest absolute Gasteiger partial charge is 0.411 e. The van der Waals surface area contributed by atoms with Crippen molar-refractivity contribution in [3.05, 3.63) is 83.2 Å². The molecule has 0 aliphatic heterocycles. The van der Waals surface area contributed by atoms with E-state index in [2.05, 4.69) is 9.72 Å². The topological polar surface area (TPSA) is 115 Å². The number of nitrogens with zero attached hydrogens (tertiary/aromatic N) is 3. The minimum absolute atomic E-state index is 0.351. The van der Waals surface area contributed by atoms with E-state index in [0.717, 1.165) is 38.0 Å². The lowest BCUT2D eigenvalue weighted by atomic mass is 9.97. The molecule has 2 amide bonds. The standard InChI is InChI=1S/C27H24N4O4/c1-15-24(16(2)35-29-15)18-11-21(26(28)32)25-20-13-19(30(3)27(33)34)9-10-22(20)31(23(25)12-18)14-17-7-5-4-6-8-17/h4-13H,14H2,1-3H3,(H2,28,32)(H,33,34). The highest BCUT2D eigenvalue weighted by Gasteiger charge is 2.22. The third-order valence-corrected chi connectivity index (χ3v) is 6.39. The Labute approximate surface area is 201 Å². The molecule has 2 aromatic heterocycles. The van der Waals surface area contributed by atoms with Crippen LogP contribution in [0.2, 0.25) is 0 Å². The SMILES string of the molecule is Cc1noc(C)c1-c1cc(C(N)=O)c2c3cc(N(C)C(=O)O)ccc3n(Cc3ccccc3)c2c1. The monoisotopic (exact) mass is 468 g/mol. The quantitative estimate of drug-likeness (QED) is 0.362. The van der Waals surface area contributed by atoms with Gasteiger partial charge in [-0.3, -0.25) is 9.69 Å². The van der Waals surface area contributed by atoms with Crippen LogP contribution in [0.1, 0.15) is 27.4 Å². The summed E-state index contributed by atoms with van der Waals surface area (Å²) in [7, 11) is 1.48. The summed E-state index contributed by atoms with van der Waals surface area (Å²) < 4.78 is 7.50. The van der Waals surface area contributed by atoms with Crippen molar-refractivity contribution in [2.75, 3.05) is 11.9 Å². The van der Waals surface area contributed by atoms with Gasteiger partial charge in [-0.1, -0.05) is 35.5 Å². The van der Waals surface area contributed by atoms with Crippen LogP contribution in [0.4, 0.5) is 10.5 Å². The molecule has 176 valence electrons. The molecule has 35 heavy (non-hydrogen) atoms. The second-order valence-electron chi connectivity index (χ2n) is 8.60. The third-order valence-electron chi connectivity index (χ3n) is 6.39. The maximum Gasteiger partial charge on any atom is 0.411 e. The first-order chi connectivity index (χ1) is 16.8. The summed E-state index contributed by atoms with van der Waals surface area (Å²) in [6, 6.07) is 19.2. The van der Waals surface area contributed by atoms with Gasteiger partial charge in [-0.2, -0.15) is 0 Å². The van der Waals surface area contributed by atoms with Gasteiger partial charge in [-0.25, -0.2) is 4.79 Å². The molecule has 3 N–H and O–H groups in total. The lowest BCUT2D eigenvalue weighted by Crippen LogP contribution is -2.23. The van der Waals surface area contributed by atoms with Crippen molar-refractivity contribution >= 4 is 39.5 Å². The van der Waals surface area contributed by atoms with E-state index in [9.17, 15) is 14.7 Å². The lowest BCUT2D eigenvalue weighted by Gasteiger charge is -2.13. The molecule has 0 bridgehead atoms. The fraction of sp³-hybridized carbons (Fsp3) is 0.148. The number of carbonyl (C=O) groups excluding carboxylic acids is 1. The molecule has 3 aromatic carbocycles. The van der Waals surface area contributed by atoms with Crippen LogP contribution in [0, 0.1) is 13.8 Å². The number of primary amides is 1. The largest absolute Gasteiger partial charge is 0.465 e. The second-order valence-corrected chi connectivity index (χ2v) is 8.60. The maximum absolute atomic E-state index is 12.7. The molecule has 0 aliphatic rings. The Morgan fingerprint density at radius 3 is 2.43 bits per heavy atom. The second kappa shape index (κ2) is 8.32. The molecule has 0 radical (unpaired) electrons. The summed E-state index contributed by atoms with van der Waals surface area (Å²) in [6.07, 6.45) is -1.08. The first-order valence-corrected chi connectivity index (χ1v) is 11.1. The van der Waals surface area contributed by atoms with Crippen LogP contribution in [0.25, 0.3) is 32.9 Å². The minimum atomic E-state index is -1.08. The van der Waals surface area contributed by atoms with E-state index in [1.54, 1.807) is 18.2 Å².